The highest BCUT2D eigenvalue weighted by Gasteiger charge is 2.18. The Morgan fingerprint density at radius 2 is 1.61 bits per heavy atom. The third-order valence-electron chi connectivity index (χ3n) is 4.89. The van der Waals surface area contributed by atoms with Gasteiger partial charge in [-0.2, -0.15) is 0 Å². The smallest absolute Gasteiger partial charge is 0.268 e. The normalized spacial score (nSPS) is 11.8. The van der Waals surface area contributed by atoms with Gasteiger partial charge in [0.15, 0.2) is 0 Å². The van der Waals surface area contributed by atoms with Crippen LogP contribution in [0.15, 0.2) is 59.6 Å². The van der Waals surface area contributed by atoms with Gasteiger partial charge >= 0.3 is 0 Å². The molecule has 28 heavy (non-hydrogen) atoms. The Balaban J connectivity index is 1.60. The molecule has 0 saturated carbocycles. The maximum atomic E-state index is 12.9. The molecule has 0 atom stereocenters. The van der Waals surface area contributed by atoms with E-state index in [-0.39, 0.29) is 4.90 Å². The summed E-state index contributed by atoms with van der Waals surface area (Å²) in [6, 6.07) is 13.9. The fourth-order valence-electron chi connectivity index (χ4n) is 3.31. The van der Waals surface area contributed by atoms with Crippen molar-refractivity contribution in [3.05, 3.63) is 54.7 Å². The average molecular weight is 400 g/mol. The topological polar surface area (TPSA) is 64.0 Å². The lowest BCUT2D eigenvalue weighted by Gasteiger charge is -2.09. The van der Waals surface area contributed by atoms with E-state index in [0.717, 1.165) is 18.8 Å². The molecule has 2 heterocycles. The van der Waals surface area contributed by atoms with E-state index in [4.69, 9.17) is 0 Å². The van der Waals surface area contributed by atoms with Gasteiger partial charge in [-0.15, -0.1) is 0 Å². The largest absolute Gasteiger partial charge is 0.370 e. The molecule has 0 unspecified atom stereocenters. The van der Waals surface area contributed by atoms with Gasteiger partial charge in [0.1, 0.15) is 5.82 Å². The second kappa shape index (κ2) is 9.73. The number of aromatic nitrogens is 2. The van der Waals surface area contributed by atoms with Crippen LogP contribution in [-0.4, -0.2) is 23.9 Å². The monoisotopic (exact) mass is 399 g/mol. The van der Waals surface area contributed by atoms with Gasteiger partial charge in [-0.3, -0.25) is 0 Å². The van der Waals surface area contributed by atoms with Crippen LogP contribution >= 0.6 is 0 Å². The summed E-state index contributed by atoms with van der Waals surface area (Å²) in [7, 11) is -3.61. The summed E-state index contributed by atoms with van der Waals surface area (Å²) < 4.78 is 27.0. The number of benzene rings is 1. The molecule has 1 aromatic carbocycles. The van der Waals surface area contributed by atoms with Crippen molar-refractivity contribution < 1.29 is 8.42 Å². The van der Waals surface area contributed by atoms with Gasteiger partial charge < -0.3 is 5.32 Å². The summed E-state index contributed by atoms with van der Waals surface area (Å²) in [5, 5.41) is 3.35. The first-order valence-electron chi connectivity index (χ1n) is 10.2. The van der Waals surface area contributed by atoms with E-state index in [0.29, 0.717) is 11.0 Å². The summed E-state index contributed by atoms with van der Waals surface area (Å²) in [5.74, 6) is 0.786. The second-order valence-corrected chi connectivity index (χ2v) is 8.89. The first kappa shape index (κ1) is 20.4. The Kier molecular flexibility index (Phi) is 7.09. The lowest BCUT2D eigenvalue weighted by atomic mass is 10.1. The number of hydrogen-bond acceptors (Lipinski definition) is 4. The van der Waals surface area contributed by atoms with Crippen LogP contribution in [0.1, 0.15) is 51.9 Å². The van der Waals surface area contributed by atoms with Gasteiger partial charge in [-0.05, 0) is 36.8 Å². The van der Waals surface area contributed by atoms with Crippen LogP contribution < -0.4 is 5.32 Å². The molecule has 0 aliphatic heterocycles. The quantitative estimate of drug-likeness (QED) is 0.436. The van der Waals surface area contributed by atoms with Crippen LogP contribution in [0.4, 0.5) is 5.82 Å². The lowest BCUT2D eigenvalue weighted by Crippen LogP contribution is -2.11. The molecule has 1 N–H and O–H groups in total. The minimum Gasteiger partial charge on any atom is -0.370 e. The van der Waals surface area contributed by atoms with Gasteiger partial charge in [0.25, 0.3) is 10.0 Å². The lowest BCUT2D eigenvalue weighted by molar-refractivity contribution is 0.589. The van der Waals surface area contributed by atoms with Crippen molar-refractivity contribution >= 4 is 26.9 Å². The predicted molar refractivity (Wildman–Crippen MR) is 115 cm³/mol. The van der Waals surface area contributed by atoms with E-state index in [9.17, 15) is 8.42 Å². The van der Waals surface area contributed by atoms with E-state index in [2.05, 4.69) is 17.2 Å². The zero-order valence-electron chi connectivity index (χ0n) is 16.5. The molecule has 0 radical (unpaired) electrons. The second-order valence-electron chi connectivity index (χ2n) is 7.08. The molecule has 150 valence electrons. The Morgan fingerprint density at radius 3 is 2.36 bits per heavy atom. The summed E-state index contributed by atoms with van der Waals surface area (Å²) >= 11 is 0. The molecule has 0 fully saturated rings. The molecule has 0 aliphatic rings. The first-order chi connectivity index (χ1) is 13.6. The highest BCUT2D eigenvalue weighted by molar-refractivity contribution is 7.90. The average Bonchev–Trinajstić information content (AvgIpc) is 3.15. The van der Waals surface area contributed by atoms with Crippen LogP contribution in [0.3, 0.4) is 0 Å². The molecule has 0 amide bonds. The number of pyridine rings is 1. The van der Waals surface area contributed by atoms with E-state index in [1.807, 2.05) is 12.1 Å². The number of rotatable bonds is 11. The molecule has 0 aliphatic carbocycles. The molecule has 0 bridgehead atoms. The van der Waals surface area contributed by atoms with Crippen molar-refractivity contribution in [2.45, 2.75) is 56.8 Å². The zero-order chi connectivity index (χ0) is 19.8. The summed E-state index contributed by atoms with van der Waals surface area (Å²) in [6.07, 6.45) is 10.5. The molecule has 3 rings (SSSR count). The molecule has 0 spiro atoms. The fourth-order valence-corrected chi connectivity index (χ4v) is 4.67. The van der Waals surface area contributed by atoms with Crippen molar-refractivity contribution in [3.63, 3.8) is 0 Å². The minimum atomic E-state index is -3.61. The van der Waals surface area contributed by atoms with Gasteiger partial charge in [-0.1, -0.05) is 63.6 Å². The van der Waals surface area contributed by atoms with Gasteiger partial charge in [0.2, 0.25) is 0 Å². The third kappa shape index (κ3) is 4.93. The van der Waals surface area contributed by atoms with Crippen LogP contribution in [0.2, 0.25) is 0 Å². The van der Waals surface area contributed by atoms with Gasteiger partial charge in [0.05, 0.1) is 15.9 Å². The summed E-state index contributed by atoms with van der Waals surface area (Å²) in [6.45, 7) is 3.12. The van der Waals surface area contributed by atoms with Crippen LogP contribution in [0.5, 0.6) is 0 Å². The summed E-state index contributed by atoms with van der Waals surface area (Å²) in [4.78, 5) is 4.84. The van der Waals surface area contributed by atoms with Crippen molar-refractivity contribution in [3.8, 4) is 0 Å². The number of hydrogen-bond donors (Lipinski definition) is 1. The van der Waals surface area contributed by atoms with E-state index >= 15 is 0 Å². The number of anilines is 1. The van der Waals surface area contributed by atoms with E-state index in [1.54, 1.807) is 42.6 Å². The number of nitrogens with zero attached hydrogens (tertiary/aromatic N) is 2. The fraction of sp³-hybridized carbons (Fsp3) is 0.409. The number of unbranched alkanes of at least 4 members (excludes halogenated alkanes) is 6. The first-order valence-corrected chi connectivity index (χ1v) is 11.6. The molecule has 2 aromatic heterocycles. The predicted octanol–water partition coefficient (Wildman–Crippen LogP) is 5.44. The molecular weight excluding hydrogens is 370 g/mol. The zero-order valence-corrected chi connectivity index (χ0v) is 17.3. The Labute approximate surface area is 167 Å². The van der Waals surface area contributed by atoms with Gasteiger partial charge in [-0.25, -0.2) is 17.4 Å². The highest BCUT2D eigenvalue weighted by Crippen LogP contribution is 2.22. The molecule has 5 nitrogen and oxygen atoms in total. The molecule has 3 aromatic rings. The standard InChI is InChI=1S/C22H29N3O2S/c1-2-3-4-5-6-7-11-17-23-22-15-14-21-20(24-22)16-18-25(21)28(26,27)19-12-9-8-10-13-19/h8-10,12-16,18H,2-7,11,17H2,1H3,(H,23,24). The minimum absolute atomic E-state index is 0.272. The Bertz CT molecular complexity index is 981. The van der Waals surface area contributed by atoms with Crippen LogP contribution in [0.25, 0.3) is 11.0 Å². The van der Waals surface area contributed by atoms with Crippen molar-refractivity contribution in [2.24, 2.45) is 0 Å². The maximum absolute atomic E-state index is 12.9. The third-order valence-corrected chi connectivity index (χ3v) is 6.60. The van der Waals surface area contributed by atoms with E-state index in [1.165, 1.54) is 42.5 Å². The molecular formula is C22H29N3O2S. The molecule has 0 saturated heterocycles. The van der Waals surface area contributed by atoms with Crippen molar-refractivity contribution in [1.29, 1.82) is 0 Å². The van der Waals surface area contributed by atoms with Crippen LogP contribution in [-0.2, 0) is 10.0 Å². The Hall–Kier alpha value is -2.34. The van der Waals surface area contributed by atoms with E-state index < -0.39 is 10.0 Å². The molecule has 6 heteroatoms. The van der Waals surface area contributed by atoms with Crippen molar-refractivity contribution in [2.75, 3.05) is 11.9 Å². The SMILES string of the molecule is CCCCCCCCCNc1ccc2c(ccn2S(=O)(=O)c2ccccc2)n1. The van der Waals surface area contributed by atoms with Crippen LogP contribution in [0, 0.1) is 0 Å². The number of fused-ring (bicyclic) bond motifs is 1. The number of nitrogens with one attached hydrogen (secondary N) is 1. The Morgan fingerprint density at radius 1 is 0.893 bits per heavy atom. The highest BCUT2D eigenvalue weighted by atomic mass is 32.2. The maximum Gasteiger partial charge on any atom is 0.268 e. The van der Waals surface area contributed by atoms with Crippen molar-refractivity contribution in [1.82, 2.24) is 8.96 Å². The summed E-state index contributed by atoms with van der Waals surface area (Å²) in [5.41, 5.74) is 1.26. The van der Waals surface area contributed by atoms with Gasteiger partial charge in [0, 0.05) is 12.7 Å².